The lowest BCUT2D eigenvalue weighted by molar-refractivity contribution is 0.372. The van der Waals surface area contributed by atoms with Crippen molar-refractivity contribution in [3.05, 3.63) is 47.6 Å². The van der Waals surface area contributed by atoms with Crippen LogP contribution in [0.2, 0.25) is 0 Å². The van der Waals surface area contributed by atoms with Crippen molar-refractivity contribution in [2.24, 2.45) is 10.9 Å². The number of benzene rings is 1. The average Bonchev–Trinajstić information content (AvgIpc) is 3.28. The summed E-state index contributed by atoms with van der Waals surface area (Å²) in [6.07, 6.45) is 4.06. The summed E-state index contributed by atoms with van der Waals surface area (Å²) < 4.78 is 5.15. The fourth-order valence-corrected chi connectivity index (χ4v) is 3.42. The minimum atomic E-state index is 0.693. The van der Waals surface area contributed by atoms with Crippen LogP contribution in [0, 0.1) is 12.8 Å². The molecule has 0 amide bonds. The zero-order chi connectivity index (χ0) is 18.2. The first-order valence-electron chi connectivity index (χ1n) is 9.61. The molecule has 3 rings (SSSR count). The highest BCUT2D eigenvalue weighted by atomic mass is 16.5. The van der Waals surface area contributed by atoms with Crippen LogP contribution in [0.15, 0.2) is 39.8 Å². The lowest BCUT2D eigenvalue weighted by atomic mass is 9.99. The van der Waals surface area contributed by atoms with Crippen molar-refractivity contribution in [1.29, 1.82) is 0 Å². The quantitative estimate of drug-likeness (QED) is 0.470. The Balaban J connectivity index is 1.49. The maximum Gasteiger partial charge on any atom is 0.226 e. The molecule has 1 aromatic heterocycles. The van der Waals surface area contributed by atoms with E-state index in [1.165, 1.54) is 12.0 Å². The molecule has 6 heteroatoms. The van der Waals surface area contributed by atoms with Crippen molar-refractivity contribution in [2.45, 2.75) is 39.5 Å². The van der Waals surface area contributed by atoms with E-state index in [1.807, 2.05) is 6.92 Å². The maximum atomic E-state index is 5.15. The van der Waals surface area contributed by atoms with Gasteiger partial charge in [-0.2, -0.15) is 4.98 Å². The number of aromatic nitrogens is 2. The summed E-state index contributed by atoms with van der Waals surface area (Å²) in [6, 6.07) is 10.8. The van der Waals surface area contributed by atoms with Crippen LogP contribution in [0.1, 0.15) is 37.0 Å². The number of hydrogen-bond donors (Lipinski definition) is 1. The third-order valence-electron chi connectivity index (χ3n) is 4.67. The molecule has 1 unspecified atom stereocenters. The lowest BCUT2D eigenvalue weighted by Gasteiger charge is -2.21. The van der Waals surface area contributed by atoms with Gasteiger partial charge in [-0.05, 0) is 44.6 Å². The zero-order valence-corrected chi connectivity index (χ0v) is 15.8. The van der Waals surface area contributed by atoms with E-state index < -0.39 is 0 Å². The smallest absolute Gasteiger partial charge is 0.226 e. The molecule has 26 heavy (non-hydrogen) atoms. The highest BCUT2D eigenvalue weighted by Crippen LogP contribution is 2.21. The largest absolute Gasteiger partial charge is 0.357 e. The van der Waals surface area contributed by atoms with Gasteiger partial charge in [-0.3, -0.25) is 4.99 Å². The van der Waals surface area contributed by atoms with Gasteiger partial charge >= 0.3 is 0 Å². The number of likely N-dealkylation sites (tertiary alicyclic amines) is 1. The minimum absolute atomic E-state index is 0.693. The Labute approximate surface area is 155 Å². The molecule has 0 aliphatic carbocycles. The van der Waals surface area contributed by atoms with Crippen LogP contribution in [0.5, 0.6) is 0 Å². The zero-order valence-electron chi connectivity index (χ0n) is 15.8. The van der Waals surface area contributed by atoms with E-state index in [0.717, 1.165) is 51.4 Å². The van der Waals surface area contributed by atoms with Crippen molar-refractivity contribution in [2.75, 3.05) is 26.2 Å². The molecule has 0 radical (unpaired) electrons. The number of nitrogens with one attached hydrogen (secondary N) is 1. The molecule has 1 fully saturated rings. The van der Waals surface area contributed by atoms with E-state index in [0.29, 0.717) is 17.6 Å². The van der Waals surface area contributed by atoms with Crippen molar-refractivity contribution in [3.8, 4) is 0 Å². The Hall–Kier alpha value is -2.37. The van der Waals surface area contributed by atoms with E-state index in [4.69, 9.17) is 9.52 Å². The number of nitrogens with zero attached hydrogens (tertiary/aromatic N) is 4. The Kier molecular flexibility index (Phi) is 6.63. The second-order valence-electron chi connectivity index (χ2n) is 6.86. The predicted molar refractivity (Wildman–Crippen MR) is 103 cm³/mol. The van der Waals surface area contributed by atoms with Gasteiger partial charge in [0, 0.05) is 32.6 Å². The van der Waals surface area contributed by atoms with Crippen molar-refractivity contribution < 1.29 is 4.52 Å². The molecule has 1 atom stereocenters. The molecule has 6 nitrogen and oxygen atoms in total. The number of hydrogen-bond acceptors (Lipinski definition) is 4. The van der Waals surface area contributed by atoms with Gasteiger partial charge in [0.15, 0.2) is 11.8 Å². The molecule has 0 bridgehead atoms. The number of rotatable bonds is 7. The normalized spacial score (nSPS) is 17.7. The first-order chi connectivity index (χ1) is 12.7. The van der Waals surface area contributed by atoms with Crippen LogP contribution >= 0.6 is 0 Å². The fourth-order valence-electron chi connectivity index (χ4n) is 3.42. The van der Waals surface area contributed by atoms with Crippen LogP contribution < -0.4 is 5.32 Å². The fraction of sp³-hybridized carbons (Fsp3) is 0.550. The second kappa shape index (κ2) is 9.36. The van der Waals surface area contributed by atoms with Crippen LogP contribution in [0.25, 0.3) is 0 Å². The Bertz CT molecular complexity index is 697. The number of aryl methyl sites for hydroxylation is 2. The maximum absolute atomic E-state index is 5.15. The van der Waals surface area contributed by atoms with Crippen molar-refractivity contribution in [3.63, 3.8) is 0 Å². The third kappa shape index (κ3) is 5.31. The SMILES string of the molecule is CCNC(=NCCCc1nc(C)no1)N1CCC(Cc2ccccc2)C1. The van der Waals surface area contributed by atoms with Gasteiger partial charge in [-0.15, -0.1) is 0 Å². The van der Waals surface area contributed by atoms with Gasteiger partial charge in [0.25, 0.3) is 0 Å². The standard InChI is InChI=1S/C20H29N5O/c1-3-21-20(22-12-7-10-19-23-16(2)24-26-19)25-13-11-18(15-25)14-17-8-5-4-6-9-17/h4-6,8-9,18H,3,7,10-15H2,1-2H3,(H,21,22). The summed E-state index contributed by atoms with van der Waals surface area (Å²) >= 11 is 0. The number of guanidine groups is 1. The Morgan fingerprint density at radius 1 is 1.35 bits per heavy atom. The van der Waals surface area contributed by atoms with E-state index in [1.54, 1.807) is 0 Å². The summed E-state index contributed by atoms with van der Waals surface area (Å²) in [5, 5.41) is 7.26. The van der Waals surface area contributed by atoms with Gasteiger partial charge in [0.2, 0.25) is 5.89 Å². The molecule has 1 aliphatic rings. The minimum Gasteiger partial charge on any atom is -0.357 e. The van der Waals surface area contributed by atoms with Crippen LogP contribution in [-0.4, -0.2) is 47.2 Å². The molecule has 1 saturated heterocycles. The highest BCUT2D eigenvalue weighted by Gasteiger charge is 2.24. The van der Waals surface area contributed by atoms with Crippen LogP contribution in [0.4, 0.5) is 0 Å². The summed E-state index contributed by atoms with van der Waals surface area (Å²) in [7, 11) is 0. The van der Waals surface area contributed by atoms with Gasteiger partial charge in [-0.25, -0.2) is 0 Å². The van der Waals surface area contributed by atoms with E-state index >= 15 is 0 Å². The van der Waals surface area contributed by atoms with E-state index in [-0.39, 0.29) is 0 Å². The Morgan fingerprint density at radius 2 is 2.19 bits per heavy atom. The molecular formula is C20H29N5O. The van der Waals surface area contributed by atoms with Gasteiger partial charge in [0.1, 0.15) is 0 Å². The van der Waals surface area contributed by atoms with Crippen LogP contribution in [-0.2, 0) is 12.8 Å². The first kappa shape index (κ1) is 18.4. The molecule has 0 saturated carbocycles. The summed E-state index contributed by atoms with van der Waals surface area (Å²) in [5.41, 5.74) is 1.43. The summed E-state index contributed by atoms with van der Waals surface area (Å²) in [4.78, 5) is 11.4. The third-order valence-corrected chi connectivity index (χ3v) is 4.67. The van der Waals surface area contributed by atoms with Crippen molar-refractivity contribution >= 4 is 5.96 Å². The van der Waals surface area contributed by atoms with E-state index in [9.17, 15) is 0 Å². The average molecular weight is 355 g/mol. The first-order valence-corrected chi connectivity index (χ1v) is 9.61. The molecule has 1 aromatic carbocycles. The highest BCUT2D eigenvalue weighted by molar-refractivity contribution is 5.80. The predicted octanol–water partition coefficient (Wildman–Crippen LogP) is 2.84. The molecule has 2 heterocycles. The van der Waals surface area contributed by atoms with Gasteiger partial charge in [-0.1, -0.05) is 35.5 Å². The van der Waals surface area contributed by atoms with Gasteiger partial charge < -0.3 is 14.7 Å². The van der Waals surface area contributed by atoms with Crippen molar-refractivity contribution in [1.82, 2.24) is 20.4 Å². The lowest BCUT2D eigenvalue weighted by Crippen LogP contribution is -2.40. The molecule has 0 spiro atoms. The molecule has 140 valence electrons. The van der Waals surface area contributed by atoms with E-state index in [2.05, 4.69) is 57.6 Å². The topological polar surface area (TPSA) is 66.5 Å². The molecule has 1 N–H and O–H groups in total. The number of aliphatic imine (C=N–C) groups is 1. The van der Waals surface area contributed by atoms with Crippen LogP contribution in [0.3, 0.4) is 0 Å². The molecule has 2 aromatic rings. The van der Waals surface area contributed by atoms with Gasteiger partial charge in [0.05, 0.1) is 0 Å². The summed E-state index contributed by atoms with van der Waals surface area (Å²) in [6.45, 7) is 7.77. The molecular weight excluding hydrogens is 326 g/mol. The second-order valence-corrected chi connectivity index (χ2v) is 6.86. The molecule has 1 aliphatic heterocycles. The Morgan fingerprint density at radius 3 is 2.92 bits per heavy atom. The summed E-state index contributed by atoms with van der Waals surface area (Å²) in [5.74, 6) is 3.12. The monoisotopic (exact) mass is 355 g/mol.